The van der Waals surface area contributed by atoms with Gasteiger partial charge in [-0.25, -0.2) is 9.59 Å². The number of benzene rings is 2. The number of fused-ring (bicyclic) bond motifs is 1. The number of imide groups is 1. The monoisotopic (exact) mass is 519 g/mol. The molecule has 0 bridgehead atoms. The number of ether oxygens (including phenoxy) is 1. The zero-order valence-electron chi connectivity index (χ0n) is 22.1. The third-order valence-corrected chi connectivity index (χ3v) is 7.07. The summed E-state index contributed by atoms with van der Waals surface area (Å²) in [5, 5.41) is 5.09. The molecular formula is C28H33N5O5. The van der Waals surface area contributed by atoms with Crippen LogP contribution < -0.4 is 16.3 Å². The zero-order chi connectivity index (χ0) is 27.2. The summed E-state index contributed by atoms with van der Waals surface area (Å²) in [5.41, 5.74) is 3.67. The molecule has 3 amide bonds. The van der Waals surface area contributed by atoms with Crippen LogP contribution in [0.25, 0.3) is 11.0 Å². The lowest BCUT2D eigenvalue weighted by Crippen LogP contribution is -2.44. The highest BCUT2D eigenvalue weighted by molar-refractivity contribution is 6.00. The fourth-order valence-electron chi connectivity index (χ4n) is 5.15. The van der Waals surface area contributed by atoms with Gasteiger partial charge in [-0.3, -0.25) is 34.3 Å². The minimum absolute atomic E-state index is 0.220. The molecule has 2 saturated heterocycles. The lowest BCUT2D eigenvalue weighted by atomic mass is 9.90. The first-order valence-electron chi connectivity index (χ1n) is 12.8. The molecule has 0 aliphatic carbocycles. The minimum Gasteiger partial charge on any atom is -0.444 e. The summed E-state index contributed by atoms with van der Waals surface area (Å²) in [4.78, 5) is 51.3. The number of anilines is 1. The molecule has 1 aromatic heterocycles. The molecule has 3 heterocycles. The molecule has 10 heteroatoms. The molecule has 0 spiro atoms. The van der Waals surface area contributed by atoms with E-state index in [0.717, 1.165) is 36.3 Å². The van der Waals surface area contributed by atoms with Crippen LogP contribution >= 0.6 is 0 Å². The first-order chi connectivity index (χ1) is 18.0. The molecule has 38 heavy (non-hydrogen) atoms. The summed E-state index contributed by atoms with van der Waals surface area (Å²) in [7, 11) is 1.71. The maximum atomic E-state index is 13.0. The number of nitrogens with one attached hydrogen (secondary N) is 2. The summed E-state index contributed by atoms with van der Waals surface area (Å²) in [6.07, 6.45) is 0.0666. The van der Waals surface area contributed by atoms with Crippen LogP contribution in [0.15, 0.2) is 47.3 Å². The first-order valence-corrected chi connectivity index (χ1v) is 12.8. The van der Waals surface area contributed by atoms with E-state index in [1.54, 1.807) is 11.6 Å². The van der Waals surface area contributed by atoms with Crippen LogP contribution in [0.3, 0.4) is 0 Å². The number of imidazole rings is 1. The van der Waals surface area contributed by atoms with Crippen LogP contribution in [-0.2, 0) is 27.9 Å². The number of hydrogen-bond acceptors (Lipinski definition) is 6. The van der Waals surface area contributed by atoms with Crippen molar-refractivity contribution in [3.05, 3.63) is 64.1 Å². The predicted octanol–water partition coefficient (Wildman–Crippen LogP) is 3.26. The van der Waals surface area contributed by atoms with Gasteiger partial charge >= 0.3 is 11.8 Å². The maximum Gasteiger partial charge on any atom is 0.412 e. The van der Waals surface area contributed by atoms with E-state index >= 15 is 0 Å². The van der Waals surface area contributed by atoms with Gasteiger partial charge in [0.1, 0.15) is 11.6 Å². The average Bonchev–Trinajstić information content (AvgIpc) is 3.05. The van der Waals surface area contributed by atoms with Gasteiger partial charge < -0.3 is 4.74 Å². The molecule has 2 fully saturated rings. The van der Waals surface area contributed by atoms with E-state index in [9.17, 15) is 19.2 Å². The molecule has 1 unspecified atom stereocenters. The average molecular weight is 520 g/mol. The van der Waals surface area contributed by atoms with Gasteiger partial charge in [-0.1, -0.05) is 18.2 Å². The van der Waals surface area contributed by atoms with Gasteiger partial charge in [-0.15, -0.1) is 0 Å². The number of likely N-dealkylation sites (tertiary alicyclic amines) is 1. The van der Waals surface area contributed by atoms with Crippen molar-refractivity contribution in [2.45, 2.75) is 57.7 Å². The summed E-state index contributed by atoms with van der Waals surface area (Å²) in [6.45, 7) is 8.07. The SMILES string of the molecule is Cn1c(=O)n(C2CCC(=O)NC2=O)c2ccc(C3CN(Cc4ccc(NC(=O)OC(C)(C)C)cc4)C3)cc21. The van der Waals surface area contributed by atoms with E-state index in [1.165, 1.54) is 4.57 Å². The quantitative estimate of drug-likeness (QED) is 0.500. The predicted molar refractivity (Wildman–Crippen MR) is 143 cm³/mol. The Morgan fingerprint density at radius 1 is 1.05 bits per heavy atom. The van der Waals surface area contributed by atoms with E-state index in [2.05, 4.69) is 15.5 Å². The zero-order valence-corrected chi connectivity index (χ0v) is 22.1. The molecule has 0 saturated carbocycles. The molecule has 200 valence electrons. The smallest absolute Gasteiger partial charge is 0.412 e. The van der Waals surface area contributed by atoms with Crippen molar-refractivity contribution in [1.82, 2.24) is 19.4 Å². The second-order valence-corrected chi connectivity index (χ2v) is 11.1. The molecule has 2 aliphatic rings. The summed E-state index contributed by atoms with van der Waals surface area (Å²) < 4.78 is 8.37. The number of aromatic nitrogens is 2. The van der Waals surface area contributed by atoms with Gasteiger partial charge in [-0.2, -0.15) is 0 Å². The molecule has 0 radical (unpaired) electrons. The summed E-state index contributed by atoms with van der Waals surface area (Å²) in [6, 6.07) is 13.0. The highest BCUT2D eigenvalue weighted by Gasteiger charge is 2.32. The molecule has 2 aliphatic heterocycles. The van der Waals surface area contributed by atoms with Crippen molar-refractivity contribution >= 4 is 34.6 Å². The highest BCUT2D eigenvalue weighted by atomic mass is 16.6. The number of rotatable bonds is 5. The van der Waals surface area contributed by atoms with Gasteiger partial charge in [0.15, 0.2) is 0 Å². The van der Waals surface area contributed by atoms with Crippen molar-refractivity contribution in [2.75, 3.05) is 18.4 Å². The number of carbonyl (C=O) groups excluding carboxylic acids is 3. The van der Waals surface area contributed by atoms with Crippen molar-refractivity contribution < 1.29 is 19.1 Å². The normalized spacial score (nSPS) is 18.8. The van der Waals surface area contributed by atoms with Gasteiger partial charge in [0.05, 0.1) is 11.0 Å². The topological polar surface area (TPSA) is 115 Å². The third kappa shape index (κ3) is 5.22. The third-order valence-electron chi connectivity index (χ3n) is 7.07. The van der Waals surface area contributed by atoms with E-state index < -0.39 is 23.6 Å². The van der Waals surface area contributed by atoms with Crippen molar-refractivity contribution in [2.24, 2.45) is 7.05 Å². The standard InChI is InChI=1S/C28H33N5O5/c1-28(2,3)38-26(36)29-20-8-5-17(6-9-20)14-32-15-19(16-32)18-7-10-21-23(13-18)31(4)27(37)33(21)22-11-12-24(34)30-25(22)35/h5-10,13,19,22H,11-12,14-16H2,1-4H3,(H,29,36)(H,30,34,35). The van der Waals surface area contributed by atoms with E-state index in [4.69, 9.17) is 4.74 Å². The number of hydrogen-bond donors (Lipinski definition) is 2. The summed E-state index contributed by atoms with van der Waals surface area (Å²) in [5.74, 6) is -0.380. The Kier molecular flexibility index (Phi) is 6.60. The number of amides is 3. The first kappa shape index (κ1) is 25.7. The molecule has 5 rings (SSSR count). The van der Waals surface area contributed by atoms with Crippen LogP contribution in [0, 0.1) is 0 Å². The Morgan fingerprint density at radius 3 is 2.42 bits per heavy atom. The lowest BCUT2D eigenvalue weighted by Gasteiger charge is -2.39. The molecule has 1 atom stereocenters. The maximum absolute atomic E-state index is 13.0. The fourth-order valence-corrected chi connectivity index (χ4v) is 5.15. The minimum atomic E-state index is -0.681. The number of aryl methyl sites for hydroxylation is 1. The molecule has 2 aromatic carbocycles. The molecule has 2 N–H and O–H groups in total. The number of nitrogens with zero attached hydrogens (tertiary/aromatic N) is 3. The fraction of sp³-hybridized carbons (Fsp3) is 0.429. The Balaban J connectivity index is 1.22. The van der Waals surface area contributed by atoms with Gasteiger partial charge in [0, 0.05) is 44.7 Å². The molecule has 10 nitrogen and oxygen atoms in total. The Morgan fingerprint density at radius 2 is 1.76 bits per heavy atom. The Hall–Kier alpha value is -3.92. The summed E-state index contributed by atoms with van der Waals surface area (Å²) >= 11 is 0. The van der Waals surface area contributed by atoms with Gasteiger partial charge in [-0.05, 0) is 62.6 Å². The number of piperidine rings is 1. The van der Waals surface area contributed by atoms with Crippen molar-refractivity contribution in [1.29, 1.82) is 0 Å². The Bertz CT molecular complexity index is 1460. The molecule has 3 aromatic rings. The van der Waals surface area contributed by atoms with Crippen LogP contribution in [0.1, 0.15) is 56.7 Å². The largest absolute Gasteiger partial charge is 0.444 e. The lowest BCUT2D eigenvalue weighted by molar-refractivity contribution is -0.135. The van der Waals surface area contributed by atoms with Crippen LogP contribution in [0.2, 0.25) is 0 Å². The van der Waals surface area contributed by atoms with Crippen molar-refractivity contribution in [3.8, 4) is 0 Å². The Labute approximate surface area is 220 Å². The second kappa shape index (κ2) is 9.75. The van der Waals surface area contributed by atoms with E-state index in [-0.39, 0.29) is 18.0 Å². The van der Waals surface area contributed by atoms with Crippen molar-refractivity contribution in [3.63, 3.8) is 0 Å². The number of carbonyl (C=O) groups is 3. The second-order valence-electron chi connectivity index (χ2n) is 11.1. The van der Waals surface area contributed by atoms with Gasteiger partial charge in [0.25, 0.3) is 0 Å². The van der Waals surface area contributed by atoms with Gasteiger partial charge in [0.2, 0.25) is 11.8 Å². The van der Waals surface area contributed by atoms with Crippen LogP contribution in [0.5, 0.6) is 0 Å². The highest BCUT2D eigenvalue weighted by Crippen LogP contribution is 2.31. The van der Waals surface area contributed by atoms with E-state index in [0.29, 0.717) is 23.5 Å². The van der Waals surface area contributed by atoms with Crippen LogP contribution in [0.4, 0.5) is 10.5 Å². The van der Waals surface area contributed by atoms with E-state index in [1.807, 2.05) is 63.2 Å². The van der Waals surface area contributed by atoms with Crippen LogP contribution in [-0.4, -0.2) is 50.6 Å². The molecular weight excluding hydrogens is 486 g/mol.